The van der Waals surface area contributed by atoms with E-state index in [4.69, 9.17) is 15.0 Å². The Morgan fingerprint density at radius 1 is 0.509 bits per heavy atom. The number of hydrogen-bond acceptors (Lipinski definition) is 4. The molecule has 2 aliphatic carbocycles. The molecule has 0 saturated heterocycles. The van der Waals surface area contributed by atoms with Crippen LogP contribution in [0.3, 0.4) is 0 Å². The number of rotatable bonds is 8. The fourth-order valence-electron chi connectivity index (χ4n) is 9.75. The van der Waals surface area contributed by atoms with Crippen molar-refractivity contribution in [3.05, 3.63) is 181 Å². The molecule has 0 amide bonds. The van der Waals surface area contributed by atoms with E-state index in [1.165, 1.54) is 36.0 Å². The Kier molecular flexibility index (Phi) is 8.84. The van der Waals surface area contributed by atoms with Gasteiger partial charge in [0.2, 0.25) is 0 Å². The lowest BCUT2D eigenvalue weighted by Gasteiger charge is -2.39. The Morgan fingerprint density at radius 3 is 1.84 bits per heavy atom. The SMILES string of the molecule is CP(C)(=O)c1ccc(-c2cccc(C3(c4ccc(-c5nc(-c6cccc(-c7ccccc7)c6)nc(-c6cccc7ccccc67)n5)cc4)CC4CCC3C4)c2)cc1. The van der Waals surface area contributed by atoms with Crippen molar-refractivity contribution in [2.45, 2.75) is 31.1 Å². The minimum absolute atomic E-state index is 0.0593. The van der Waals surface area contributed by atoms with Gasteiger partial charge in [0.1, 0.15) is 7.14 Å². The molecule has 2 fully saturated rings. The van der Waals surface area contributed by atoms with Crippen LogP contribution >= 0.6 is 7.14 Å². The van der Waals surface area contributed by atoms with Gasteiger partial charge in [-0.05, 0) is 94.6 Å². The molecule has 2 saturated carbocycles. The number of hydrogen-bond donors (Lipinski definition) is 0. The molecule has 5 heteroatoms. The highest BCUT2D eigenvalue weighted by atomic mass is 31.2. The first-order valence-corrected chi connectivity index (χ1v) is 22.7. The summed E-state index contributed by atoms with van der Waals surface area (Å²) >= 11 is 0. The maximum absolute atomic E-state index is 12.7. The van der Waals surface area contributed by atoms with Crippen molar-refractivity contribution in [2.24, 2.45) is 11.8 Å². The lowest BCUT2D eigenvalue weighted by Crippen LogP contribution is -2.34. The Bertz CT molecular complexity index is 2800. The predicted octanol–water partition coefficient (Wildman–Crippen LogP) is 12.7. The average Bonchev–Trinajstić information content (AvgIpc) is 3.89. The van der Waals surface area contributed by atoms with E-state index in [1.807, 2.05) is 31.5 Å². The van der Waals surface area contributed by atoms with Crippen LogP contribution in [-0.4, -0.2) is 28.3 Å². The molecular weight excluding hydrogens is 714 g/mol. The number of fused-ring (bicyclic) bond motifs is 3. The normalized spacial score (nSPS) is 18.9. The summed E-state index contributed by atoms with van der Waals surface area (Å²) in [5, 5.41) is 3.19. The largest absolute Gasteiger partial charge is 0.319 e. The molecule has 0 N–H and O–H groups in total. The first-order valence-electron chi connectivity index (χ1n) is 20.1. The van der Waals surface area contributed by atoms with Crippen molar-refractivity contribution in [3.63, 3.8) is 0 Å². The lowest BCUT2D eigenvalue weighted by atomic mass is 9.64. The molecule has 57 heavy (non-hydrogen) atoms. The van der Waals surface area contributed by atoms with E-state index in [0.29, 0.717) is 23.4 Å². The van der Waals surface area contributed by atoms with E-state index in [0.717, 1.165) is 61.8 Å². The molecule has 2 bridgehead atoms. The Labute approximate surface area is 335 Å². The monoisotopic (exact) mass is 757 g/mol. The van der Waals surface area contributed by atoms with Crippen LogP contribution in [0.1, 0.15) is 36.8 Å². The summed E-state index contributed by atoms with van der Waals surface area (Å²) in [4.78, 5) is 15.5. The van der Waals surface area contributed by atoms with Crippen LogP contribution in [0.15, 0.2) is 170 Å². The van der Waals surface area contributed by atoms with E-state index in [-0.39, 0.29) is 5.41 Å². The van der Waals surface area contributed by atoms with Crippen LogP contribution < -0.4 is 5.30 Å². The number of benzene rings is 7. The number of nitrogens with zero attached hydrogens (tertiary/aromatic N) is 3. The van der Waals surface area contributed by atoms with E-state index in [9.17, 15) is 4.57 Å². The lowest BCUT2D eigenvalue weighted by molar-refractivity contribution is 0.320. The highest BCUT2D eigenvalue weighted by Crippen LogP contribution is 2.60. The highest BCUT2D eigenvalue weighted by molar-refractivity contribution is 7.70. The second-order valence-electron chi connectivity index (χ2n) is 16.4. The van der Waals surface area contributed by atoms with Crippen LogP contribution in [0.2, 0.25) is 0 Å². The van der Waals surface area contributed by atoms with Gasteiger partial charge in [0.05, 0.1) is 0 Å². The zero-order valence-electron chi connectivity index (χ0n) is 32.3. The average molecular weight is 758 g/mol. The second-order valence-corrected chi connectivity index (χ2v) is 19.6. The quantitative estimate of drug-likeness (QED) is 0.145. The third-order valence-electron chi connectivity index (χ3n) is 12.6. The third kappa shape index (κ3) is 6.52. The predicted molar refractivity (Wildman–Crippen MR) is 236 cm³/mol. The maximum atomic E-state index is 12.7. The van der Waals surface area contributed by atoms with Crippen LogP contribution in [0.25, 0.3) is 67.2 Å². The van der Waals surface area contributed by atoms with Crippen molar-refractivity contribution in [2.75, 3.05) is 13.3 Å². The van der Waals surface area contributed by atoms with Gasteiger partial charge < -0.3 is 4.57 Å². The molecule has 278 valence electrons. The van der Waals surface area contributed by atoms with E-state index in [2.05, 4.69) is 152 Å². The maximum Gasteiger partial charge on any atom is 0.164 e. The summed E-state index contributed by atoms with van der Waals surface area (Å²) in [7, 11) is -2.31. The van der Waals surface area contributed by atoms with Gasteiger partial charge in [-0.3, -0.25) is 0 Å². The minimum atomic E-state index is -2.31. The van der Waals surface area contributed by atoms with Gasteiger partial charge in [-0.2, -0.15) is 0 Å². The fourth-order valence-corrected chi connectivity index (χ4v) is 10.6. The molecule has 3 atom stereocenters. The summed E-state index contributed by atoms with van der Waals surface area (Å²) < 4.78 is 12.7. The number of aromatic nitrogens is 3. The first kappa shape index (κ1) is 35.5. The second kappa shape index (κ2) is 14.2. The molecule has 4 nitrogen and oxygen atoms in total. The van der Waals surface area contributed by atoms with Gasteiger partial charge in [-0.1, -0.05) is 170 Å². The topological polar surface area (TPSA) is 55.7 Å². The molecular formula is C52H44N3OP. The van der Waals surface area contributed by atoms with E-state index in [1.54, 1.807) is 0 Å². The zero-order valence-corrected chi connectivity index (χ0v) is 33.2. The molecule has 8 aromatic rings. The molecule has 3 unspecified atom stereocenters. The summed E-state index contributed by atoms with van der Waals surface area (Å²) in [6.07, 6.45) is 5.00. The molecule has 1 heterocycles. The minimum Gasteiger partial charge on any atom is -0.319 e. The zero-order chi connectivity index (χ0) is 38.6. The van der Waals surface area contributed by atoms with Gasteiger partial charge in [-0.25, -0.2) is 15.0 Å². The molecule has 0 radical (unpaired) electrons. The smallest absolute Gasteiger partial charge is 0.164 e. The fraction of sp³-hybridized carbons (Fsp3) is 0.173. The molecule has 0 aliphatic heterocycles. The molecule has 1 aromatic heterocycles. The van der Waals surface area contributed by atoms with Gasteiger partial charge in [0.25, 0.3) is 0 Å². The Hall–Kier alpha value is -5.96. The Balaban J connectivity index is 1.07. The van der Waals surface area contributed by atoms with Crippen molar-refractivity contribution >= 4 is 23.2 Å². The summed E-state index contributed by atoms with van der Waals surface area (Å²) in [5.74, 6) is 3.31. The van der Waals surface area contributed by atoms with Crippen molar-refractivity contribution < 1.29 is 4.57 Å². The molecule has 0 spiro atoms. The first-order chi connectivity index (χ1) is 27.8. The van der Waals surface area contributed by atoms with Gasteiger partial charge in [0.15, 0.2) is 17.5 Å². The van der Waals surface area contributed by atoms with Crippen LogP contribution in [0.5, 0.6) is 0 Å². The third-order valence-corrected chi connectivity index (χ3v) is 14.1. The van der Waals surface area contributed by atoms with Crippen LogP contribution in [0, 0.1) is 11.8 Å². The summed E-state index contributed by atoms with van der Waals surface area (Å²) in [6.45, 7) is 3.67. The van der Waals surface area contributed by atoms with Gasteiger partial charge >= 0.3 is 0 Å². The molecule has 10 rings (SSSR count). The van der Waals surface area contributed by atoms with E-state index < -0.39 is 7.14 Å². The Morgan fingerprint density at radius 2 is 1.11 bits per heavy atom. The molecule has 2 aliphatic rings. The van der Waals surface area contributed by atoms with Crippen molar-refractivity contribution in [1.82, 2.24) is 15.0 Å². The summed E-state index contributed by atoms with van der Waals surface area (Å²) in [5.41, 5.74) is 10.2. The van der Waals surface area contributed by atoms with Gasteiger partial charge in [0, 0.05) is 27.4 Å². The van der Waals surface area contributed by atoms with Crippen LogP contribution in [-0.2, 0) is 9.98 Å². The highest BCUT2D eigenvalue weighted by Gasteiger charge is 2.52. The standard InChI is InChI=1S/C52H44N3OP/c1-57(2,56)46-29-24-37(25-30-46)41-16-9-18-44(33-41)52(34-35-21-26-45(52)31-35)43-27-22-39(23-28-43)49-53-50(42-17-8-15-40(32-42)36-11-4-3-5-12-36)55-51(54-49)48-20-10-14-38-13-6-7-19-47(38)48/h3-20,22-25,27-30,32-33,35,45H,21,26,31,34H2,1-2H3. The summed E-state index contributed by atoms with van der Waals surface area (Å²) in [6, 6.07) is 60.4. The van der Waals surface area contributed by atoms with E-state index >= 15 is 0 Å². The molecule has 7 aromatic carbocycles. The van der Waals surface area contributed by atoms with Gasteiger partial charge in [-0.15, -0.1) is 0 Å². The van der Waals surface area contributed by atoms with Crippen molar-refractivity contribution in [1.29, 1.82) is 0 Å². The van der Waals surface area contributed by atoms with Crippen molar-refractivity contribution in [3.8, 4) is 56.4 Å². The van der Waals surface area contributed by atoms with Crippen LogP contribution in [0.4, 0.5) is 0 Å².